The van der Waals surface area contributed by atoms with E-state index in [0.29, 0.717) is 6.42 Å². The van der Waals surface area contributed by atoms with Gasteiger partial charge in [-0.3, -0.25) is 4.79 Å². The minimum Gasteiger partial charge on any atom is -0.480 e. The molecule has 0 aliphatic carbocycles. The van der Waals surface area contributed by atoms with Crippen LogP contribution in [0.25, 0.3) is 0 Å². The zero-order valence-corrected chi connectivity index (χ0v) is 10.0. The second-order valence-corrected chi connectivity index (χ2v) is 3.82. The molecule has 0 aromatic heterocycles. The quantitative estimate of drug-likeness (QED) is 0.490. The van der Waals surface area contributed by atoms with Crippen LogP contribution in [0.3, 0.4) is 0 Å². The molecule has 0 saturated heterocycles. The fraction of sp³-hybridized carbons (Fsp3) is 0.700. The van der Waals surface area contributed by atoms with Crippen molar-refractivity contribution in [1.29, 1.82) is 0 Å². The second kappa shape index (κ2) is 7.48. The standard InChI is InChI=1S/C10H19N3O4/c1-3-6(2)8(9(15)16)13-10(17)12-5-4-7(11)14/h6,8H,3-5H2,1-2H3,(H2,11,14)(H,15,16)(H2,12,13,17)/t6-,8-/m0/s1. The van der Waals surface area contributed by atoms with Crippen LogP contribution in [0.2, 0.25) is 0 Å². The average molecular weight is 245 g/mol. The number of aliphatic carboxylic acids is 1. The van der Waals surface area contributed by atoms with Crippen LogP contribution in [0.15, 0.2) is 0 Å². The summed E-state index contributed by atoms with van der Waals surface area (Å²) < 4.78 is 0. The molecule has 0 saturated carbocycles. The molecule has 5 N–H and O–H groups in total. The highest BCUT2D eigenvalue weighted by atomic mass is 16.4. The summed E-state index contributed by atoms with van der Waals surface area (Å²) in [5, 5.41) is 13.6. The summed E-state index contributed by atoms with van der Waals surface area (Å²) in [6.45, 7) is 3.67. The Bertz CT molecular complexity index is 293. The lowest BCUT2D eigenvalue weighted by molar-refractivity contribution is -0.140. The van der Waals surface area contributed by atoms with E-state index < -0.39 is 23.9 Å². The van der Waals surface area contributed by atoms with Crippen molar-refractivity contribution >= 4 is 17.9 Å². The third-order valence-corrected chi connectivity index (χ3v) is 2.42. The van der Waals surface area contributed by atoms with E-state index in [0.717, 1.165) is 0 Å². The molecule has 0 unspecified atom stereocenters. The van der Waals surface area contributed by atoms with Crippen LogP contribution in [-0.2, 0) is 9.59 Å². The van der Waals surface area contributed by atoms with Crippen LogP contribution in [0, 0.1) is 5.92 Å². The average Bonchev–Trinajstić information content (AvgIpc) is 2.24. The molecule has 0 aromatic rings. The first-order chi connectivity index (χ1) is 7.88. The van der Waals surface area contributed by atoms with Gasteiger partial charge in [-0.15, -0.1) is 0 Å². The van der Waals surface area contributed by atoms with Gasteiger partial charge in [-0.1, -0.05) is 20.3 Å². The van der Waals surface area contributed by atoms with Gasteiger partial charge in [0.15, 0.2) is 0 Å². The number of amides is 3. The fourth-order valence-electron chi connectivity index (χ4n) is 1.17. The number of urea groups is 1. The van der Waals surface area contributed by atoms with E-state index in [1.165, 1.54) is 0 Å². The van der Waals surface area contributed by atoms with Gasteiger partial charge in [-0.25, -0.2) is 9.59 Å². The Balaban J connectivity index is 4.13. The van der Waals surface area contributed by atoms with Crippen LogP contribution < -0.4 is 16.4 Å². The van der Waals surface area contributed by atoms with Crippen LogP contribution in [0.5, 0.6) is 0 Å². The fourth-order valence-corrected chi connectivity index (χ4v) is 1.17. The van der Waals surface area contributed by atoms with E-state index in [1.54, 1.807) is 6.92 Å². The van der Waals surface area contributed by atoms with Crippen LogP contribution in [-0.4, -0.2) is 35.6 Å². The number of nitrogens with one attached hydrogen (secondary N) is 2. The molecule has 0 aliphatic heterocycles. The maximum atomic E-state index is 11.3. The largest absolute Gasteiger partial charge is 0.480 e. The Hall–Kier alpha value is -1.79. The maximum absolute atomic E-state index is 11.3. The zero-order valence-electron chi connectivity index (χ0n) is 10.0. The van der Waals surface area contributed by atoms with Crippen molar-refractivity contribution in [3.63, 3.8) is 0 Å². The van der Waals surface area contributed by atoms with Crippen molar-refractivity contribution in [1.82, 2.24) is 10.6 Å². The topological polar surface area (TPSA) is 122 Å². The number of primary amides is 1. The summed E-state index contributed by atoms with van der Waals surface area (Å²) in [7, 11) is 0. The SMILES string of the molecule is CC[C@H](C)[C@H](NC(=O)NCCC(N)=O)C(=O)O. The van der Waals surface area contributed by atoms with Crippen molar-refractivity contribution in [2.24, 2.45) is 11.7 Å². The maximum Gasteiger partial charge on any atom is 0.326 e. The Morgan fingerprint density at radius 1 is 1.35 bits per heavy atom. The minimum atomic E-state index is -1.08. The lowest BCUT2D eigenvalue weighted by Gasteiger charge is -2.20. The summed E-state index contributed by atoms with van der Waals surface area (Å²) in [6, 6.07) is -1.55. The highest BCUT2D eigenvalue weighted by Crippen LogP contribution is 2.07. The number of hydrogen-bond donors (Lipinski definition) is 4. The highest BCUT2D eigenvalue weighted by molar-refractivity contribution is 5.83. The van der Waals surface area contributed by atoms with Gasteiger partial charge >= 0.3 is 12.0 Å². The summed E-state index contributed by atoms with van der Waals surface area (Å²) in [4.78, 5) is 32.6. The van der Waals surface area contributed by atoms with Crippen molar-refractivity contribution < 1.29 is 19.5 Å². The van der Waals surface area contributed by atoms with Gasteiger partial charge in [0.05, 0.1) is 0 Å². The predicted octanol–water partition coefficient (Wildman–Crippen LogP) is -0.340. The first kappa shape index (κ1) is 15.2. The summed E-state index contributed by atoms with van der Waals surface area (Å²) in [6.07, 6.45) is 0.660. The Kier molecular flexibility index (Phi) is 6.69. The molecule has 2 atom stereocenters. The van der Waals surface area contributed by atoms with Crippen molar-refractivity contribution in [3.05, 3.63) is 0 Å². The van der Waals surface area contributed by atoms with E-state index >= 15 is 0 Å². The Morgan fingerprint density at radius 2 is 1.94 bits per heavy atom. The molecule has 0 rings (SSSR count). The van der Waals surface area contributed by atoms with Gasteiger partial charge < -0.3 is 21.5 Å². The van der Waals surface area contributed by atoms with E-state index in [-0.39, 0.29) is 18.9 Å². The van der Waals surface area contributed by atoms with Crippen LogP contribution in [0.4, 0.5) is 4.79 Å². The first-order valence-corrected chi connectivity index (χ1v) is 5.44. The van der Waals surface area contributed by atoms with Crippen molar-refractivity contribution in [2.75, 3.05) is 6.54 Å². The molecule has 7 heteroatoms. The lowest BCUT2D eigenvalue weighted by atomic mass is 9.99. The molecule has 0 spiro atoms. The number of carboxylic acids is 1. The zero-order chi connectivity index (χ0) is 13.4. The monoisotopic (exact) mass is 245 g/mol. The summed E-state index contributed by atoms with van der Waals surface area (Å²) >= 11 is 0. The highest BCUT2D eigenvalue weighted by Gasteiger charge is 2.24. The van der Waals surface area contributed by atoms with Gasteiger partial charge in [-0.05, 0) is 5.92 Å². The van der Waals surface area contributed by atoms with Crippen LogP contribution in [0.1, 0.15) is 26.7 Å². The molecule has 0 radical (unpaired) electrons. The van der Waals surface area contributed by atoms with E-state index in [2.05, 4.69) is 10.6 Å². The summed E-state index contributed by atoms with van der Waals surface area (Å²) in [5.41, 5.74) is 4.89. The summed E-state index contributed by atoms with van der Waals surface area (Å²) in [5.74, 6) is -1.78. The minimum absolute atomic E-state index is 0.0223. The molecule has 17 heavy (non-hydrogen) atoms. The van der Waals surface area contributed by atoms with Gasteiger partial charge in [0.1, 0.15) is 6.04 Å². The third-order valence-electron chi connectivity index (χ3n) is 2.42. The molecule has 3 amide bonds. The van der Waals surface area contributed by atoms with E-state index in [1.807, 2.05) is 6.92 Å². The number of rotatable bonds is 7. The number of nitrogens with two attached hydrogens (primary N) is 1. The smallest absolute Gasteiger partial charge is 0.326 e. The van der Waals surface area contributed by atoms with Gasteiger partial charge in [0, 0.05) is 13.0 Å². The first-order valence-electron chi connectivity index (χ1n) is 5.44. The van der Waals surface area contributed by atoms with Crippen molar-refractivity contribution in [3.8, 4) is 0 Å². The van der Waals surface area contributed by atoms with Crippen molar-refractivity contribution in [2.45, 2.75) is 32.7 Å². The van der Waals surface area contributed by atoms with Crippen LogP contribution >= 0.6 is 0 Å². The molecular formula is C10H19N3O4. The number of carbonyl (C=O) groups excluding carboxylic acids is 2. The molecule has 98 valence electrons. The van der Waals surface area contributed by atoms with E-state index in [9.17, 15) is 14.4 Å². The third kappa shape index (κ3) is 6.39. The Labute approximate surface area is 99.7 Å². The lowest BCUT2D eigenvalue weighted by Crippen LogP contribution is -2.49. The van der Waals surface area contributed by atoms with E-state index in [4.69, 9.17) is 10.8 Å². The normalized spacial score (nSPS) is 13.5. The molecule has 0 heterocycles. The van der Waals surface area contributed by atoms with Gasteiger partial charge in [-0.2, -0.15) is 0 Å². The molecule has 0 bridgehead atoms. The molecule has 0 aromatic carbocycles. The van der Waals surface area contributed by atoms with Gasteiger partial charge in [0.2, 0.25) is 5.91 Å². The van der Waals surface area contributed by atoms with Gasteiger partial charge in [0.25, 0.3) is 0 Å². The molecular weight excluding hydrogens is 226 g/mol. The number of carboxylic acid groups (broad SMARTS) is 1. The second-order valence-electron chi connectivity index (χ2n) is 3.82. The molecule has 7 nitrogen and oxygen atoms in total. The predicted molar refractivity (Wildman–Crippen MR) is 61.2 cm³/mol. The number of carbonyl (C=O) groups is 3. The Morgan fingerprint density at radius 3 is 2.35 bits per heavy atom. The molecule has 0 fully saturated rings. The molecule has 0 aliphatic rings. The number of hydrogen-bond acceptors (Lipinski definition) is 3.